The van der Waals surface area contributed by atoms with E-state index in [2.05, 4.69) is 9.97 Å². The number of hydrogen-bond donors (Lipinski definition) is 1. The zero-order chi connectivity index (χ0) is 15.9. The van der Waals surface area contributed by atoms with Crippen LogP contribution in [0.15, 0.2) is 41.5 Å². The van der Waals surface area contributed by atoms with E-state index in [1.54, 1.807) is 25.3 Å². The Balaban J connectivity index is 2.51. The van der Waals surface area contributed by atoms with Gasteiger partial charge in [-0.25, -0.2) is 9.37 Å². The third kappa shape index (κ3) is 2.26. The van der Waals surface area contributed by atoms with Gasteiger partial charge in [-0.2, -0.15) is 0 Å². The molecule has 1 unspecified atom stereocenters. The molecular formula is C15H12ClFN4O. The first-order chi connectivity index (χ1) is 10.5. The van der Waals surface area contributed by atoms with Crippen LogP contribution in [0.4, 0.5) is 4.39 Å². The lowest BCUT2D eigenvalue weighted by atomic mass is 10.2. The Hall–Kier alpha value is -2.31. The van der Waals surface area contributed by atoms with Crippen molar-refractivity contribution >= 4 is 22.5 Å². The number of aromatic nitrogens is 3. The van der Waals surface area contributed by atoms with Crippen molar-refractivity contribution in [3.8, 4) is 5.69 Å². The topological polar surface area (TPSA) is 73.8 Å². The number of hydrogen-bond acceptors (Lipinski definition) is 4. The molecule has 2 N–H and O–H groups in total. The van der Waals surface area contributed by atoms with Gasteiger partial charge in [0.2, 0.25) is 0 Å². The smallest absolute Gasteiger partial charge is 0.267 e. The molecule has 0 aliphatic carbocycles. The van der Waals surface area contributed by atoms with Crippen LogP contribution in [0.5, 0.6) is 0 Å². The quantitative estimate of drug-likeness (QED) is 0.788. The first-order valence-corrected chi connectivity index (χ1v) is 6.95. The molecule has 5 nitrogen and oxygen atoms in total. The Kier molecular flexibility index (Phi) is 3.64. The third-order valence-electron chi connectivity index (χ3n) is 3.26. The molecule has 0 fully saturated rings. The van der Waals surface area contributed by atoms with Gasteiger partial charge < -0.3 is 5.73 Å². The standard InChI is InChI=1S/C15H12ClFN4O/c1-8(18)14-20-13-11(17)5-4-10(16)12(13)15(22)21(14)9-3-2-6-19-7-9/h2-8H,18H2,1H3. The van der Waals surface area contributed by atoms with Gasteiger partial charge in [0, 0.05) is 6.20 Å². The van der Waals surface area contributed by atoms with Crippen molar-refractivity contribution in [3.05, 3.63) is 63.7 Å². The van der Waals surface area contributed by atoms with Crippen molar-refractivity contribution in [2.75, 3.05) is 0 Å². The van der Waals surface area contributed by atoms with Crippen LogP contribution in [0.2, 0.25) is 5.02 Å². The Morgan fingerprint density at radius 1 is 1.36 bits per heavy atom. The first kappa shape index (κ1) is 14.6. The number of pyridine rings is 1. The fraction of sp³-hybridized carbons (Fsp3) is 0.133. The Bertz CT molecular complexity index is 909. The normalized spacial score (nSPS) is 12.5. The van der Waals surface area contributed by atoms with Gasteiger partial charge in [0.05, 0.1) is 28.3 Å². The van der Waals surface area contributed by atoms with Crippen molar-refractivity contribution in [1.82, 2.24) is 14.5 Å². The van der Waals surface area contributed by atoms with Crippen LogP contribution < -0.4 is 11.3 Å². The number of fused-ring (bicyclic) bond motifs is 1. The monoisotopic (exact) mass is 318 g/mol. The highest BCUT2D eigenvalue weighted by molar-refractivity contribution is 6.35. The number of halogens is 2. The van der Waals surface area contributed by atoms with Crippen molar-refractivity contribution in [1.29, 1.82) is 0 Å². The molecule has 0 spiro atoms. The average molecular weight is 319 g/mol. The largest absolute Gasteiger partial charge is 0.322 e. The van der Waals surface area contributed by atoms with Crippen LogP contribution in [-0.4, -0.2) is 14.5 Å². The number of rotatable bonds is 2. The molecule has 0 aliphatic rings. The van der Waals surface area contributed by atoms with Crippen molar-refractivity contribution < 1.29 is 4.39 Å². The van der Waals surface area contributed by atoms with Gasteiger partial charge in [-0.15, -0.1) is 0 Å². The number of benzene rings is 1. The zero-order valence-electron chi connectivity index (χ0n) is 11.6. The summed E-state index contributed by atoms with van der Waals surface area (Å²) in [5.41, 5.74) is 5.84. The maximum Gasteiger partial charge on any atom is 0.267 e. The van der Waals surface area contributed by atoms with Crippen LogP contribution in [0.25, 0.3) is 16.6 Å². The summed E-state index contributed by atoms with van der Waals surface area (Å²) >= 11 is 6.06. The van der Waals surface area contributed by atoms with Crippen LogP contribution in [0, 0.1) is 5.82 Å². The lowest BCUT2D eigenvalue weighted by molar-refractivity contribution is 0.630. The summed E-state index contributed by atoms with van der Waals surface area (Å²) in [5, 5.41) is 0.165. The van der Waals surface area contributed by atoms with E-state index >= 15 is 0 Å². The summed E-state index contributed by atoms with van der Waals surface area (Å²) in [6, 6.07) is 5.32. The number of nitrogens with two attached hydrogens (primary N) is 1. The van der Waals surface area contributed by atoms with Gasteiger partial charge in [-0.3, -0.25) is 14.3 Å². The molecule has 0 saturated carbocycles. The minimum absolute atomic E-state index is 0.0231. The fourth-order valence-corrected chi connectivity index (χ4v) is 2.51. The van der Waals surface area contributed by atoms with Gasteiger partial charge in [-0.05, 0) is 31.2 Å². The summed E-state index contributed by atoms with van der Waals surface area (Å²) in [6.07, 6.45) is 3.09. The summed E-state index contributed by atoms with van der Waals surface area (Å²) in [4.78, 5) is 21.0. The number of nitrogens with zero attached hydrogens (tertiary/aromatic N) is 3. The second-order valence-corrected chi connectivity index (χ2v) is 5.27. The summed E-state index contributed by atoms with van der Waals surface area (Å²) in [5.74, 6) is -0.372. The van der Waals surface area contributed by atoms with Gasteiger partial charge in [0.15, 0.2) is 0 Å². The van der Waals surface area contributed by atoms with Gasteiger partial charge in [0.1, 0.15) is 17.2 Å². The Morgan fingerprint density at radius 2 is 2.14 bits per heavy atom. The molecule has 1 atom stereocenters. The highest BCUT2D eigenvalue weighted by Gasteiger charge is 2.19. The molecule has 0 saturated heterocycles. The molecular weight excluding hydrogens is 307 g/mol. The van der Waals surface area contributed by atoms with E-state index in [4.69, 9.17) is 17.3 Å². The average Bonchev–Trinajstić information content (AvgIpc) is 2.51. The van der Waals surface area contributed by atoms with E-state index in [-0.39, 0.29) is 21.7 Å². The van der Waals surface area contributed by atoms with E-state index < -0.39 is 17.4 Å². The zero-order valence-corrected chi connectivity index (χ0v) is 12.4. The molecule has 22 heavy (non-hydrogen) atoms. The molecule has 0 aliphatic heterocycles. The fourth-order valence-electron chi connectivity index (χ4n) is 2.28. The molecule has 7 heteroatoms. The van der Waals surface area contributed by atoms with Gasteiger partial charge >= 0.3 is 0 Å². The molecule has 3 aromatic rings. The van der Waals surface area contributed by atoms with E-state index in [1.165, 1.54) is 22.9 Å². The van der Waals surface area contributed by atoms with Crippen LogP contribution in [-0.2, 0) is 0 Å². The van der Waals surface area contributed by atoms with Crippen LogP contribution in [0.3, 0.4) is 0 Å². The maximum atomic E-state index is 14.0. The lowest BCUT2D eigenvalue weighted by Gasteiger charge is -2.16. The highest BCUT2D eigenvalue weighted by Crippen LogP contribution is 2.24. The maximum absolute atomic E-state index is 14.0. The van der Waals surface area contributed by atoms with Crippen LogP contribution in [0.1, 0.15) is 18.8 Å². The second-order valence-electron chi connectivity index (χ2n) is 4.86. The van der Waals surface area contributed by atoms with Crippen molar-refractivity contribution in [2.45, 2.75) is 13.0 Å². The van der Waals surface area contributed by atoms with Crippen LogP contribution >= 0.6 is 11.6 Å². The Morgan fingerprint density at radius 3 is 2.77 bits per heavy atom. The third-order valence-corrected chi connectivity index (χ3v) is 3.58. The molecule has 112 valence electrons. The minimum atomic E-state index is -0.614. The van der Waals surface area contributed by atoms with E-state index in [9.17, 15) is 9.18 Å². The molecule has 0 radical (unpaired) electrons. The predicted molar refractivity (Wildman–Crippen MR) is 82.7 cm³/mol. The van der Waals surface area contributed by atoms with E-state index in [0.717, 1.165) is 0 Å². The summed E-state index contributed by atoms with van der Waals surface area (Å²) in [6.45, 7) is 1.67. The SMILES string of the molecule is CC(N)c1nc2c(F)ccc(Cl)c2c(=O)n1-c1cccnc1. The molecule has 2 aromatic heterocycles. The Labute approximate surface area is 130 Å². The molecule has 1 aromatic carbocycles. The lowest BCUT2D eigenvalue weighted by Crippen LogP contribution is -2.28. The molecule has 2 heterocycles. The van der Waals surface area contributed by atoms with E-state index in [1.807, 2.05) is 0 Å². The summed E-state index contributed by atoms with van der Waals surface area (Å²) in [7, 11) is 0. The summed E-state index contributed by atoms with van der Waals surface area (Å²) < 4.78 is 15.3. The minimum Gasteiger partial charge on any atom is -0.322 e. The van der Waals surface area contributed by atoms with Gasteiger partial charge in [0.25, 0.3) is 5.56 Å². The van der Waals surface area contributed by atoms with Gasteiger partial charge in [-0.1, -0.05) is 11.6 Å². The van der Waals surface area contributed by atoms with E-state index in [0.29, 0.717) is 5.69 Å². The first-order valence-electron chi connectivity index (χ1n) is 6.57. The highest BCUT2D eigenvalue weighted by atomic mass is 35.5. The predicted octanol–water partition coefficient (Wildman–Crippen LogP) is 2.59. The molecule has 0 amide bonds. The molecule has 0 bridgehead atoms. The molecule has 3 rings (SSSR count). The van der Waals surface area contributed by atoms with Crippen molar-refractivity contribution in [3.63, 3.8) is 0 Å². The second kappa shape index (κ2) is 5.47. The van der Waals surface area contributed by atoms with Crippen molar-refractivity contribution in [2.24, 2.45) is 5.73 Å².